The van der Waals surface area contributed by atoms with Gasteiger partial charge in [-0.2, -0.15) is 13.2 Å². The van der Waals surface area contributed by atoms with Crippen molar-refractivity contribution in [2.75, 3.05) is 18.0 Å². The molecule has 0 fully saturated rings. The lowest BCUT2D eigenvalue weighted by atomic mass is 10.1. The Balaban J connectivity index is 3.30. The van der Waals surface area contributed by atoms with Crippen molar-refractivity contribution in [1.82, 2.24) is 0 Å². The molecule has 0 heterocycles. The number of hydrogen-bond donors (Lipinski definition) is 1. The second-order valence-corrected chi connectivity index (χ2v) is 5.28. The summed E-state index contributed by atoms with van der Waals surface area (Å²) in [5, 5.41) is 20.5. The van der Waals surface area contributed by atoms with E-state index in [4.69, 9.17) is 0 Å². The Kier molecular flexibility index (Phi) is 4.83. The maximum Gasteiger partial charge on any atom is 0.423 e. The normalized spacial score (nSPS) is 12.3. The highest BCUT2D eigenvalue weighted by Crippen LogP contribution is 2.38. The van der Waals surface area contributed by atoms with Gasteiger partial charge in [0.05, 0.1) is 10.5 Å². The maximum absolute atomic E-state index is 12.9. The predicted octanol–water partition coefficient (Wildman–Crippen LogP) is 3.21. The molecule has 1 N–H and O–H groups in total. The van der Waals surface area contributed by atoms with E-state index in [1.807, 2.05) is 0 Å². The number of benzene rings is 1. The van der Waals surface area contributed by atoms with Gasteiger partial charge >= 0.3 is 6.18 Å². The fraction of sp³-hybridized carbons (Fsp3) is 0.538. The third-order valence-corrected chi connectivity index (χ3v) is 2.81. The number of nitrogens with zero attached hydrogens (tertiary/aromatic N) is 2. The predicted molar refractivity (Wildman–Crippen MR) is 72.3 cm³/mol. The van der Waals surface area contributed by atoms with Crippen LogP contribution in [-0.2, 0) is 6.18 Å². The van der Waals surface area contributed by atoms with Crippen LogP contribution in [0.3, 0.4) is 0 Å². The first kappa shape index (κ1) is 17.2. The van der Waals surface area contributed by atoms with E-state index in [2.05, 4.69) is 0 Å². The molecule has 0 bridgehead atoms. The van der Waals surface area contributed by atoms with Crippen LogP contribution in [0.25, 0.3) is 0 Å². The minimum atomic E-state index is -4.81. The molecule has 0 aliphatic heterocycles. The molecule has 118 valence electrons. The average Bonchev–Trinajstić information content (AvgIpc) is 2.33. The van der Waals surface area contributed by atoms with Gasteiger partial charge in [-0.3, -0.25) is 10.1 Å². The summed E-state index contributed by atoms with van der Waals surface area (Å²) in [6.45, 7) is 5.26. The molecular formula is C13H17F3N2O3. The molecule has 5 nitrogen and oxygen atoms in total. The van der Waals surface area contributed by atoms with Gasteiger partial charge in [0.15, 0.2) is 0 Å². The van der Waals surface area contributed by atoms with Crippen molar-refractivity contribution in [3.8, 4) is 0 Å². The Hall–Kier alpha value is -1.83. The number of rotatable bonds is 5. The van der Waals surface area contributed by atoms with Gasteiger partial charge in [-0.05, 0) is 32.9 Å². The van der Waals surface area contributed by atoms with Crippen molar-refractivity contribution in [3.05, 3.63) is 33.9 Å². The highest BCUT2D eigenvalue weighted by molar-refractivity contribution is 5.56. The Morgan fingerprint density at radius 3 is 2.29 bits per heavy atom. The summed E-state index contributed by atoms with van der Waals surface area (Å²) in [5.41, 5.74) is -3.20. The van der Waals surface area contributed by atoms with Crippen LogP contribution >= 0.6 is 0 Å². The minimum absolute atomic E-state index is 0.110. The van der Waals surface area contributed by atoms with Crippen molar-refractivity contribution in [3.63, 3.8) is 0 Å². The molecule has 0 radical (unpaired) electrons. The first-order chi connectivity index (χ1) is 9.45. The van der Waals surface area contributed by atoms with Crippen molar-refractivity contribution in [2.45, 2.75) is 32.5 Å². The van der Waals surface area contributed by atoms with E-state index < -0.39 is 28.0 Å². The average molecular weight is 306 g/mol. The summed E-state index contributed by atoms with van der Waals surface area (Å²) < 4.78 is 38.8. The molecule has 0 amide bonds. The van der Waals surface area contributed by atoms with Gasteiger partial charge in [-0.15, -0.1) is 0 Å². The molecule has 0 spiro atoms. The lowest BCUT2D eigenvalue weighted by molar-refractivity contribution is -0.388. The molecule has 0 unspecified atom stereocenters. The van der Waals surface area contributed by atoms with E-state index in [1.54, 1.807) is 6.92 Å². The largest absolute Gasteiger partial charge is 0.423 e. The highest BCUT2D eigenvalue weighted by atomic mass is 19.4. The van der Waals surface area contributed by atoms with E-state index in [1.165, 1.54) is 24.8 Å². The summed E-state index contributed by atoms with van der Waals surface area (Å²) in [6, 6.07) is 2.83. The summed E-state index contributed by atoms with van der Waals surface area (Å²) in [5.74, 6) is 0. The van der Waals surface area contributed by atoms with Crippen LogP contribution < -0.4 is 4.90 Å². The Morgan fingerprint density at radius 2 is 1.90 bits per heavy atom. The molecule has 0 aliphatic rings. The maximum atomic E-state index is 12.9. The smallest absolute Gasteiger partial charge is 0.389 e. The highest BCUT2D eigenvalue weighted by Gasteiger charge is 2.38. The molecule has 0 saturated carbocycles. The number of alkyl halides is 3. The number of halogens is 3. The zero-order valence-corrected chi connectivity index (χ0v) is 11.9. The van der Waals surface area contributed by atoms with E-state index >= 15 is 0 Å². The van der Waals surface area contributed by atoms with Gasteiger partial charge in [0, 0.05) is 24.8 Å². The van der Waals surface area contributed by atoms with Gasteiger partial charge in [-0.25, -0.2) is 0 Å². The Bertz CT molecular complexity index is 524. The van der Waals surface area contributed by atoms with Crippen molar-refractivity contribution < 1.29 is 23.2 Å². The zero-order chi connectivity index (χ0) is 16.4. The van der Waals surface area contributed by atoms with Crippen LogP contribution in [0.5, 0.6) is 0 Å². The van der Waals surface area contributed by atoms with Crippen molar-refractivity contribution in [2.24, 2.45) is 0 Å². The molecule has 0 aromatic heterocycles. The fourth-order valence-corrected chi connectivity index (χ4v) is 1.96. The number of likely N-dealkylation sites (N-methyl/N-ethyl adjacent to an activating group) is 1. The van der Waals surface area contributed by atoms with Crippen LogP contribution in [0.1, 0.15) is 26.3 Å². The van der Waals surface area contributed by atoms with Gasteiger partial charge < -0.3 is 10.0 Å². The number of hydrogen-bond acceptors (Lipinski definition) is 4. The summed E-state index contributed by atoms with van der Waals surface area (Å²) in [7, 11) is 0. The van der Waals surface area contributed by atoms with Gasteiger partial charge in [0.2, 0.25) is 0 Å². The fourth-order valence-electron chi connectivity index (χ4n) is 1.96. The molecule has 1 aromatic carbocycles. The van der Waals surface area contributed by atoms with Gasteiger partial charge in [0.1, 0.15) is 5.56 Å². The van der Waals surface area contributed by atoms with Crippen LogP contribution in [0.4, 0.5) is 24.5 Å². The third kappa shape index (κ3) is 4.59. The van der Waals surface area contributed by atoms with Gasteiger partial charge in [-0.1, -0.05) is 0 Å². The minimum Gasteiger partial charge on any atom is -0.389 e. The number of nitro benzene ring substituents is 1. The molecular weight excluding hydrogens is 289 g/mol. The molecule has 8 heteroatoms. The molecule has 0 aliphatic carbocycles. The second kappa shape index (κ2) is 5.88. The Morgan fingerprint density at radius 1 is 1.33 bits per heavy atom. The zero-order valence-electron chi connectivity index (χ0n) is 11.9. The lowest BCUT2D eigenvalue weighted by Gasteiger charge is -2.30. The summed E-state index contributed by atoms with van der Waals surface area (Å²) in [6.07, 6.45) is -4.81. The summed E-state index contributed by atoms with van der Waals surface area (Å²) in [4.78, 5) is 11.2. The lowest BCUT2D eigenvalue weighted by Crippen LogP contribution is -2.38. The van der Waals surface area contributed by atoms with E-state index in [0.29, 0.717) is 6.54 Å². The molecule has 0 saturated heterocycles. The molecule has 1 rings (SSSR count). The van der Waals surface area contributed by atoms with Crippen LogP contribution in [0.2, 0.25) is 0 Å². The second-order valence-electron chi connectivity index (χ2n) is 5.28. The standard InChI is InChI=1S/C13H17F3N2O3/c1-4-17(8-12(2,3)19)9-5-6-11(18(20)21)10(7-9)13(14,15)16/h5-7,19H,4,8H2,1-3H3. The Labute approximate surface area is 120 Å². The van der Waals surface area contributed by atoms with Crippen molar-refractivity contribution in [1.29, 1.82) is 0 Å². The van der Waals surface area contributed by atoms with Gasteiger partial charge in [0.25, 0.3) is 5.69 Å². The number of nitro groups is 1. The van der Waals surface area contributed by atoms with Crippen LogP contribution in [0, 0.1) is 10.1 Å². The first-order valence-corrected chi connectivity index (χ1v) is 6.28. The number of aliphatic hydroxyl groups is 1. The first-order valence-electron chi connectivity index (χ1n) is 6.28. The number of anilines is 1. The summed E-state index contributed by atoms with van der Waals surface area (Å²) >= 11 is 0. The van der Waals surface area contributed by atoms with Crippen LogP contribution in [-0.4, -0.2) is 28.7 Å². The molecule has 1 aromatic rings. The van der Waals surface area contributed by atoms with E-state index in [0.717, 1.165) is 12.1 Å². The van der Waals surface area contributed by atoms with Crippen LogP contribution in [0.15, 0.2) is 18.2 Å². The topological polar surface area (TPSA) is 66.6 Å². The third-order valence-electron chi connectivity index (χ3n) is 2.81. The van der Waals surface area contributed by atoms with E-state index in [9.17, 15) is 28.4 Å². The monoisotopic (exact) mass is 306 g/mol. The van der Waals surface area contributed by atoms with Crippen molar-refractivity contribution >= 4 is 11.4 Å². The quantitative estimate of drug-likeness (QED) is 0.670. The van der Waals surface area contributed by atoms with E-state index in [-0.39, 0.29) is 12.2 Å². The molecule has 21 heavy (non-hydrogen) atoms. The SMILES string of the molecule is CCN(CC(C)(C)O)c1ccc([N+](=O)[O-])c(C(F)(F)F)c1. The molecule has 0 atom stereocenters.